The van der Waals surface area contributed by atoms with Crippen molar-refractivity contribution in [2.45, 2.75) is 31.6 Å². The first-order valence-corrected chi connectivity index (χ1v) is 5.58. The Bertz CT molecular complexity index is 401. The number of ketones is 1. The van der Waals surface area contributed by atoms with E-state index in [-0.39, 0.29) is 23.3 Å². The highest BCUT2D eigenvalue weighted by Gasteiger charge is 2.24. The van der Waals surface area contributed by atoms with Gasteiger partial charge in [-0.2, -0.15) is 0 Å². The molecule has 86 valence electrons. The van der Waals surface area contributed by atoms with Gasteiger partial charge in [-0.15, -0.1) is 0 Å². The van der Waals surface area contributed by atoms with Gasteiger partial charge in [0.25, 0.3) is 0 Å². The molecule has 1 aromatic rings. The molecular weight excluding hydrogens is 207 g/mol. The van der Waals surface area contributed by atoms with Crippen molar-refractivity contribution >= 4 is 5.78 Å². The van der Waals surface area contributed by atoms with E-state index in [4.69, 9.17) is 4.74 Å². The Balaban J connectivity index is 2.29. The van der Waals surface area contributed by atoms with Crippen molar-refractivity contribution in [3.63, 3.8) is 0 Å². The van der Waals surface area contributed by atoms with Crippen LogP contribution in [0.4, 0.5) is 4.39 Å². The molecule has 1 fully saturated rings. The number of carbonyl (C=O) groups is 1. The van der Waals surface area contributed by atoms with E-state index in [1.54, 1.807) is 12.1 Å². The Labute approximate surface area is 94.4 Å². The van der Waals surface area contributed by atoms with E-state index in [9.17, 15) is 9.18 Å². The van der Waals surface area contributed by atoms with E-state index >= 15 is 0 Å². The topological polar surface area (TPSA) is 26.3 Å². The van der Waals surface area contributed by atoms with E-state index in [1.165, 1.54) is 13.2 Å². The average molecular weight is 222 g/mol. The van der Waals surface area contributed by atoms with Gasteiger partial charge in [0.1, 0.15) is 5.78 Å². The molecule has 0 aliphatic heterocycles. The number of rotatable bonds is 2. The Hall–Kier alpha value is -1.38. The summed E-state index contributed by atoms with van der Waals surface area (Å²) in [6.45, 7) is 0. The van der Waals surface area contributed by atoms with Gasteiger partial charge in [-0.3, -0.25) is 4.79 Å². The molecule has 1 unspecified atom stereocenters. The molecule has 1 aliphatic carbocycles. The van der Waals surface area contributed by atoms with E-state index in [0.717, 1.165) is 24.8 Å². The summed E-state index contributed by atoms with van der Waals surface area (Å²) in [5.74, 6) is 0.0357. The molecule has 0 saturated heterocycles. The number of Topliss-reactive ketones (excluding diaryl/α,β-unsaturated/α-hetero) is 1. The van der Waals surface area contributed by atoms with Gasteiger partial charge >= 0.3 is 0 Å². The number of carbonyl (C=O) groups excluding carboxylic acids is 1. The number of hydrogen-bond donors (Lipinski definition) is 0. The normalized spacial score (nSPS) is 20.9. The minimum atomic E-state index is -0.380. The van der Waals surface area contributed by atoms with Gasteiger partial charge in [0, 0.05) is 12.3 Å². The first-order chi connectivity index (χ1) is 7.72. The number of benzene rings is 1. The van der Waals surface area contributed by atoms with Crippen LogP contribution >= 0.6 is 0 Å². The van der Waals surface area contributed by atoms with Crippen LogP contribution in [-0.4, -0.2) is 12.9 Å². The monoisotopic (exact) mass is 222 g/mol. The molecule has 0 aromatic heterocycles. The zero-order valence-corrected chi connectivity index (χ0v) is 9.33. The summed E-state index contributed by atoms with van der Waals surface area (Å²) in [5.41, 5.74) is 0.878. The van der Waals surface area contributed by atoms with Crippen LogP contribution in [-0.2, 0) is 4.79 Å². The van der Waals surface area contributed by atoms with Crippen LogP contribution in [0.15, 0.2) is 18.2 Å². The minimum Gasteiger partial charge on any atom is -0.494 e. The van der Waals surface area contributed by atoms with Crippen LogP contribution in [0.5, 0.6) is 5.75 Å². The SMILES string of the molecule is COc1cc(C2CCCCC2=O)ccc1F. The number of methoxy groups -OCH3 is 1. The smallest absolute Gasteiger partial charge is 0.165 e. The van der Waals surface area contributed by atoms with Gasteiger partial charge in [-0.25, -0.2) is 4.39 Å². The fourth-order valence-corrected chi connectivity index (χ4v) is 2.23. The molecule has 0 radical (unpaired) electrons. The van der Waals surface area contributed by atoms with Gasteiger partial charge in [-0.1, -0.05) is 12.5 Å². The highest BCUT2D eigenvalue weighted by atomic mass is 19.1. The van der Waals surface area contributed by atoms with E-state index in [1.807, 2.05) is 0 Å². The van der Waals surface area contributed by atoms with Crippen molar-refractivity contribution in [2.24, 2.45) is 0 Å². The van der Waals surface area contributed by atoms with Gasteiger partial charge < -0.3 is 4.74 Å². The molecular formula is C13H15FO2. The summed E-state index contributed by atoms with van der Waals surface area (Å²) in [5, 5.41) is 0. The molecule has 1 aromatic carbocycles. The van der Waals surface area contributed by atoms with Crippen molar-refractivity contribution in [3.05, 3.63) is 29.6 Å². The summed E-state index contributed by atoms with van der Waals surface area (Å²) in [6.07, 6.45) is 3.56. The van der Waals surface area contributed by atoms with E-state index in [2.05, 4.69) is 0 Å². The lowest BCUT2D eigenvalue weighted by molar-refractivity contribution is -0.121. The molecule has 0 amide bonds. The van der Waals surface area contributed by atoms with Crippen LogP contribution in [0.1, 0.15) is 37.2 Å². The lowest BCUT2D eigenvalue weighted by atomic mass is 9.83. The van der Waals surface area contributed by atoms with Crippen LogP contribution < -0.4 is 4.74 Å². The van der Waals surface area contributed by atoms with Crippen molar-refractivity contribution in [1.29, 1.82) is 0 Å². The summed E-state index contributed by atoms with van der Waals surface area (Å²) < 4.78 is 18.1. The van der Waals surface area contributed by atoms with Crippen LogP contribution in [0.3, 0.4) is 0 Å². The van der Waals surface area contributed by atoms with Crippen molar-refractivity contribution in [2.75, 3.05) is 7.11 Å². The van der Waals surface area contributed by atoms with Crippen LogP contribution in [0, 0.1) is 5.82 Å². The van der Waals surface area contributed by atoms with Crippen molar-refractivity contribution in [3.8, 4) is 5.75 Å². The van der Waals surface area contributed by atoms with Crippen LogP contribution in [0.25, 0.3) is 0 Å². The molecule has 0 spiro atoms. The fraction of sp³-hybridized carbons (Fsp3) is 0.462. The largest absolute Gasteiger partial charge is 0.494 e. The van der Waals surface area contributed by atoms with Crippen molar-refractivity contribution < 1.29 is 13.9 Å². The van der Waals surface area contributed by atoms with Gasteiger partial charge in [0.2, 0.25) is 0 Å². The molecule has 1 aliphatic rings. The summed E-state index contributed by atoms with van der Waals surface area (Å²) >= 11 is 0. The summed E-state index contributed by atoms with van der Waals surface area (Å²) in [7, 11) is 1.44. The third-order valence-corrected chi connectivity index (χ3v) is 3.13. The lowest BCUT2D eigenvalue weighted by Gasteiger charge is -2.21. The third-order valence-electron chi connectivity index (χ3n) is 3.13. The maximum atomic E-state index is 13.2. The molecule has 3 heteroatoms. The first kappa shape index (κ1) is 11.1. The Morgan fingerprint density at radius 1 is 1.38 bits per heavy atom. The second kappa shape index (κ2) is 4.64. The highest BCUT2D eigenvalue weighted by molar-refractivity contribution is 5.86. The molecule has 2 rings (SSSR count). The standard InChI is InChI=1S/C13H15FO2/c1-16-13-8-9(6-7-11(13)14)10-4-2-3-5-12(10)15/h6-8,10H,2-5H2,1H3. The zero-order chi connectivity index (χ0) is 11.5. The predicted octanol–water partition coefficient (Wildman–Crippen LogP) is 3.06. The Kier molecular flexibility index (Phi) is 3.22. The van der Waals surface area contributed by atoms with Gasteiger partial charge in [-0.05, 0) is 30.5 Å². The quantitative estimate of drug-likeness (QED) is 0.768. The summed E-state index contributed by atoms with van der Waals surface area (Å²) in [6, 6.07) is 4.70. The van der Waals surface area contributed by atoms with Crippen LogP contribution in [0.2, 0.25) is 0 Å². The number of hydrogen-bond acceptors (Lipinski definition) is 2. The molecule has 1 atom stereocenters. The third kappa shape index (κ3) is 2.08. The second-order valence-electron chi connectivity index (χ2n) is 4.16. The zero-order valence-electron chi connectivity index (χ0n) is 9.33. The fourth-order valence-electron chi connectivity index (χ4n) is 2.23. The minimum absolute atomic E-state index is 0.0664. The number of halogens is 1. The second-order valence-corrected chi connectivity index (χ2v) is 4.16. The maximum Gasteiger partial charge on any atom is 0.165 e. The lowest BCUT2D eigenvalue weighted by Crippen LogP contribution is -2.17. The van der Waals surface area contributed by atoms with E-state index in [0.29, 0.717) is 6.42 Å². The number of ether oxygens (including phenoxy) is 1. The molecule has 0 N–H and O–H groups in total. The van der Waals surface area contributed by atoms with Gasteiger partial charge in [0.05, 0.1) is 7.11 Å². The molecule has 0 bridgehead atoms. The Morgan fingerprint density at radius 2 is 2.19 bits per heavy atom. The first-order valence-electron chi connectivity index (χ1n) is 5.58. The highest BCUT2D eigenvalue weighted by Crippen LogP contribution is 2.32. The predicted molar refractivity (Wildman–Crippen MR) is 59.2 cm³/mol. The van der Waals surface area contributed by atoms with E-state index < -0.39 is 0 Å². The van der Waals surface area contributed by atoms with Crippen molar-refractivity contribution in [1.82, 2.24) is 0 Å². The van der Waals surface area contributed by atoms with Gasteiger partial charge in [0.15, 0.2) is 11.6 Å². The molecule has 0 heterocycles. The molecule has 1 saturated carbocycles. The average Bonchev–Trinajstić information content (AvgIpc) is 2.31. The summed E-state index contributed by atoms with van der Waals surface area (Å²) in [4.78, 5) is 11.7. The Morgan fingerprint density at radius 3 is 2.88 bits per heavy atom. The molecule has 16 heavy (non-hydrogen) atoms. The maximum absolute atomic E-state index is 13.2. The molecule has 2 nitrogen and oxygen atoms in total.